The van der Waals surface area contributed by atoms with Gasteiger partial charge in [-0.25, -0.2) is 0 Å². The molecule has 0 radical (unpaired) electrons. The maximum atomic E-state index is 4.88. The van der Waals surface area contributed by atoms with Gasteiger partial charge in [-0.2, -0.15) is 0 Å². The highest BCUT2D eigenvalue weighted by Crippen LogP contribution is 2.64. The molecule has 1 spiro atoms. The molecule has 72 heavy (non-hydrogen) atoms. The molecule has 4 heteroatoms. The molecule has 15 rings (SSSR count). The van der Waals surface area contributed by atoms with Crippen LogP contribution in [0.25, 0.3) is 55.8 Å². The van der Waals surface area contributed by atoms with Crippen molar-refractivity contribution in [3.05, 3.63) is 276 Å². The molecule has 3 heterocycles. The van der Waals surface area contributed by atoms with Crippen LogP contribution in [0, 0.1) is 13.8 Å². The lowest BCUT2D eigenvalue weighted by atomic mass is 9.33. The van der Waals surface area contributed by atoms with E-state index in [0.29, 0.717) is 0 Å². The fourth-order valence-electron chi connectivity index (χ4n) is 13.1. The predicted molar refractivity (Wildman–Crippen MR) is 300 cm³/mol. The molecule has 2 aliphatic carbocycles. The summed E-state index contributed by atoms with van der Waals surface area (Å²) in [6.45, 7) is 4.42. The predicted octanol–water partition coefficient (Wildman–Crippen LogP) is 15.1. The van der Waals surface area contributed by atoms with Crippen LogP contribution in [0.1, 0.15) is 33.4 Å². The zero-order valence-electron chi connectivity index (χ0n) is 40.0. The highest BCUT2D eigenvalue weighted by molar-refractivity contribution is 7.00. The first kappa shape index (κ1) is 40.9. The Morgan fingerprint density at radius 3 is 1.47 bits per heavy atom. The summed E-state index contributed by atoms with van der Waals surface area (Å²) in [4.78, 5) is 10.1. The lowest BCUT2D eigenvalue weighted by Crippen LogP contribution is -2.61. The Balaban J connectivity index is 1.07. The Hall–Kier alpha value is -8.99. The molecule has 1 unspecified atom stereocenters. The summed E-state index contributed by atoms with van der Waals surface area (Å²) in [7, 11) is 0. The van der Waals surface area contributed by atoms with Crippen LogP contribution in [0.2, 0.25) is 0 Å². The van der Waals surface area contributed by atoms with E-state index in [1.165, 1.54) is 117 Å². The maximum absolute atomic E-state index is 4.88. The summed E-state index contributed by atoms with van der Waals surface area (Å²) in [6.07, 6.45) is 1.90. The lowest BCUT2D eigenvalue weighted by Gasteiger charge is -2.45. The van der Waals surface area contributed by atoms with Crippen molar-refractivity contribution in [1.29, 1.82) is 0 Å². The Labute approximate surface area is 421 Å². The van der Waals surface area contributed by atoms with Crippen molar-refractivity contribution >= 4 is 57.2 Å². The number of hydrogen-bond acceptors (Lipinski definition) is 3. The van der Waals surface area contributed by atoms with Gasteiger partial charge in [0.1, 0.15) is 0 Å². The molecule has 0 bridgehead atoms. The first-order valence-corrected chi connectivity index (χ1v) is 25.1. The summed E-state index contributed by atoms with van der Waals surface area (Å²) in [6, 6.07) is 88.7. The zero-order valence-corrected chi connectivity index (χ0v) is 40.0. The molecule has 2 aliphatic heterocycles. The van der Waals surface area contributed by atoms with Gasteiger partial charge in [0, 0.05) is 45.6 Å². The fraction of sp³-hybridized carbons (Fsp3) is 0.0441. The van der Waals surface area contributed by atoms with Crippen molar-refractivity contribution in [2.45, 2.75) is 19.3 Å². The third-order valence-electron chi connectivity index (χ3n) is 16.0. The van der Waals surface area contributed by atoms with Crippen LogP contribution in [-0.4, -0.2) is 11.7 Å². The van der Waals surface area contributed by atoms with Crippen LogP contribution in [0.15, 0.2) is 243 Å². The molecule has 0 saturated heterocycles. The third kappa shape index (κ3) is 5.66. The van der Waals surface area contributed by atoms with Gasteiger partial charge >= 0.3 is 0 Å². The average Bonchev–Trinajstić information content (AvgIpc) is 3.90. The minimum atomic E-state index is -0.577. The molecule has 10 aromatic carbocycles. The number of pyridine rings is 1. The summed E-state index contributed by atoms with van der Waals surface area (Å²) in [5.41, 5.74) is 30.2. The smallest absolute Gasteiger partial charge is 0.252 e. The lowest BCUT2D eigenvalue weighted by molar-refractivity contribution is 0.794. The number of hydrogen-bond donors (Lipinski definition) is 0. The van der Waals surface area contributed by atoms with Crippen LogP contribution in [-0.2, 0) is 5.41 Å². The van der Waals surface area contributed by atoms with Crippen LogP contribution in [0.3, 0.4) is 0 Å². The minimum Gasteiger partial charge on any atom is -0.311 e. The molecule has 1 aromatic heterocycles. The van der Waals surface area contributed by atoms with Gasteiger partial charge in [-0.1, -0.05) is 182 Å². The average molecular weight is 916 g/mol. The van der Waals surface area contributed by atoms with Crippen molar-refractivity contribution in [3.8, 4) is 55.8 Å². The topological polar surface area (TPSA) is 19.4 Å². The highest BCUT2D eigenvalue weighted by atomic mass is 15.2. The number of benzene rings is 10. The van der Waals surface area contributed by atoms with Crippen molar-refractivity contribution in [2.75, 3.05) is 9.80 Å². The summed E-state index contributed by atoms with van der Waals surface area (Å²) in [5.74, 6) is 0. The van der Waals surface area contributed by atoms with E-state index in [1.807, 2.05) is 12.3 Å². The molecular formula is C68H46BN3. The van der Waals surface area contributed by atoms with Gasteiger partial charge in [0.2, 0.25) is 0 Å². The van der Waals surface area contributed by atoms with Crippen LogP contribution in [0.4, 0.5) is 34.1 Å². The van der Waals surface area contributed by atoms with Gasteiger partial charge < -0.3 is 9.80 Å². The van der Waals surface area contributed by atoms with Gasteiger partial charge in [0.15, 0.2) is 0 Å². The second-order valence-corrected chi connectivity index (χ2v) is 19.9. The molecule has 3 nitrogen and oxygen atoms in total. The summed E-state index contributed by atoms with van der Waals surface area (Å²) < 4.78 is 0. The number of fused-ring (bicyclic) bond motifs is 14. The van der Waals surface area contributed by atoms with E-state index in [4.69, 9.17) is 4.98 Å². The Kier molecular flexibility index (Phi) is 8.80. The zero-order chi connectivity index (χ0) is 47.7. The minimum absolute atomic E-state index is 0.0801. The first-order valence-electron chi connectivity index (χ1n) is 25.1. The third-order valence-corrected chi connectivity index (χ3v) is 16.0. The van der Waals surface area contributed by atoms with E-state index in [1.54, 1.807) is 0 Å². The first-order chi connectivity index (χ1) is 35.6. The molecule has 1 atom stereocenters. The molecule has 0 amide bonds. The van der Waals surface area contributed by atoms with E-state index in [0.717, 1.165) is 22.6 Å². The standard InChI is InChI=1S/C68H46BN3/c1-43-32-35-58-63(37-43)71(61-30-15-11-23-48(61)45-19-5-3-6-20-45)65-38-44(2)39-66-67(65)69(58)59-42-57-53(41-64(59)72(66)62-31-16-12-24-49(62)46-21-7-4-8-22-46)51-26-10-14-28-55(51)68(57)54-27-13-9-25-50(54)52-34-33-47(40-56(52)68)60-29-17-18-36-70-60/h3-42H,1-2H3. The number of para-hydroxylation sites is 2. The Morgan fingerprint density at radius 2 is 0.847 bits per heavy atom. The van der Waals surface area contributed by atoms with Crippen molar-refractivity contribution in [1.82, 2.24) is 4.98 Å². The van der Waals surface area contributed by atoms with E-state index >= 15 is 0 Å². The number of aryl methyl sites for hydroxylation is 2. The van der Waals surface area contributed by atoms with Gasteiger partial charge in [-0.05, 0) is 152 Å². The van der Waals surface area contributed by atoms with Crippen molar-refractivity contribution in [2.24, 2.45) is 0 Å². The number of aromatic nitrogens is 1. The molecule has 4 aliphatic rings. The van der Waals surface area contributed by atoms with Crippen LogP contribution >= 0.6 is 0 Å². The Morgan fingerprint density at radius 1 is 0.333 bits per heavy atom. The van der Waals surface area contributed by atoms with Gasteiger partial charge in [0.05, 0.1) is 22.5 Å². The van der Waals surface area contributed by atoms with Crippen molar-refractivity contribution in [3.63, 3.8) is 0 Å². The number of rotatable bonds is 5. The monoisotopic (exact) mass is 915 g/mol. The molecule has 0 fully saturated rings. The highest BCUT2D eigenvalue weighted by Gasteiger charge is 2.54. The van der Waals surface area contributed by atoms with Crippen LogP contribution < -0.4 is 26.2 Å². The second-order valence-electron chi connectivity index (χ2n) is 19.9. The second kappa shape index (κ2) is 15.5. The van der Waals surface area contributed by atoms with E-state index in [-0.39, 0.29) is 6.71 Å². The summed E-state index contributed by atoms with van der Waals surface area (Å²) in [5, 5.41) is 0. The largest absolute Gasteiger partial charge is 0.311 e. The van der Waals surface area contributed by atoms with E-state index < -0.39 is 5.41 Å². The van der Waals surface area contributed by atoms with Crippen molar-refractivity contribution < 1.29 is 0 Å². The molecule has 336 valence electrons. The Bertz CT molecular complexity index is 4030. The van der Waals surface area contributed by atoms with Crippen LogP contribution in [0.5, 0.6) is 0 Å². The molecule has 0 saturated carbocycles. The molecule has 11 aromatic rings. The SMILES string of the molecule is Cc1ccc2c(c1)N(c1ccccc1-c1ccccc1)c1cc(C)cc3c1B2c1cc2c(cc1N3c1ccccc1-c1ccccc1)-c1ccccc1C21c2ccccc2-c2ccc(-c3ccccn3)cc21. The van der Waals surface area contributed by atoms with E-state index in [9.17, 15) is 0 Å². The van der Waals surface area contributed by atoms with Gasteiger partial charge in [-0.3, -0.25) is 4.98 Å². The summed E-state index contributed by atoms with van der Waals surface area (Å²) >= 11 is 0. The van der Waals surface area contributed by atoms with E-state index in [2.05, 4.69) is 254 Å². The quantitative estimate of drug-likeness (QED) is 0.160. The fourth-order valence-corrected chi connectivity index (χ4v) is 13.1. The van der Waals surface area contributed by atoms with Gasteiger partial charge in [0.25, 0.3) is 6.71 Å². The maximum Gasteiger partial charge on any atom is 0.252 e. The number of anilines is 6. The molecular weight excluding hydrogens is 870 g/mol. The number of nitrogens with zero attached hydrogens (tertiary/aromatic N) is 3. The van der Waals surface area contributed by atoms with Gasteiger partial charge in [-0.15, -0.1) is 0 Å². The molecule has 0 N–H and O–H groups in total. The normalized spacial score (nSPS) is 15.1.